The van der Waals surface area contributed by atoms with Crippen molar-refractivity contribution in [1.82, 2.24) is 9.80 Å². The molecule has 134 valence electrons. The van der Waals surface area contributed by atoms with E-state index in [1.54, 1.807) is 19.1 Å². The Balaban J connectivity index is 3.03. The lowest BCUT2D eigenvalue weighted by molar-refractivity contribution is -0.385. The second-order valence-electron chi connectivity index (χ2n) is 6.38. The first-order valence-electron chi connectivity index (χ1n) is 8.57. The normalized spacial score (nSPS) is 11.1. The van der Waals surface area contributed by atoms with Gasteiger partial charge in [0.15, 0.2) is 0 Å². The fourth-order valence-corrected chi connectivity index (χ4v) is 2.74. The molecule has 6 nitrogen and oxygen atoms in total. The second kappa shape index (κ2) is 9.37. The summed E-state index contributed by atoms with van der Waals surface area (Å²) in [4.78, 5) is 27.7. The van der Waals surface area contributed by atoms with Crippen LogP contribution < -0.4 is 0 Å². The van der Waals surface area contributed by atoms with Crippen LogP contribution in [-0.4, -0.2) is 53.4 Å². The quantitative estimate of drug-likeness (QED) is 0.513. The molecular formula is C18H29N3O3. The molecule has 24 heavy (non-hydrogen) atoms. The Morgan fingerprint density at radius 2 is 1.83 bits per heavy atom. The number of hydrogen-bond donors (Lipinski definition) is 0. The number of nitro benzene ring substituents is 1. The van der Waals surface area contributed by atoms with E-state index in [0.717, 1.165) is 19.6 Å². The number of carbonyl (C=O) groups is 1. The number of amides is 1. The fourth-order valence-electron chi connectivity index (χ4n) is 2.74. The summed E-state index contributed by atoms with van der Waals surface area (Å²) in [6, 6.07) is 4.69. The van der Waals surface area contributed by atoms with Gasteiger partial charge in [-0.15, -0.1) is 0 Å². The molecule has 0 N–H and O–H groups in total. The van der Waals surface area contributed by atoms with Gasteiger partial charge >= 0.3 is 0 Å². The highest BCUT2D eigenvalue weighted by Gasteiger charge is 2.23. The van der Waals surface area contributed by atoms with Crippen molar-refractivity contribution in [2.75, 3.05) is 32.7 Å². The minimum atomic E-state index is -0.436. The third kappa shape index (κ3) is 5.30. The number of rotatable bonds is 9. The topological polar surface area (TPSA) is 66.7 Å². The van der Waals surface area contributed by atoms with Crippen LogP contribution in [0.1, 0.15) is 43.6 Å². The van der Waals surface area contributed by atoms with Crippen LogP contribution in [0.3, 0.4) is 0 Å². The number of hydrogen-bond acceptors (Lipinski definition) is 4. The molecule has 1 amide bonds. The highest BCUT2D eigenvalue weighted by Crippen LogP contribution is 2.22. The van der Waals surface area contributed by atoms with Crippen LogP contribution in [0, 0.1) is 23.0 Å². The van der Waals surface area contributed by atoms with Crippen molar-refractivity contribution in [2.24, 2.45) is 5.92 Å². The molecule has 1 rings (SSSR count). The van der Waals surface area contributed by atoms with E-state index in [2.05, 4.69) is 32.6 Å². The van der Waals surface area contributed by atoms with Crippen LogP contribution in [0.25, 0.3) is 0 Å². The Morgan fingerprint density at radius 1 is 1.21 bits per heavy atom. The lowest BCUT2D eigenvalue weighted by Crippen LogP contribution is -2.40. The summed E-state index contributed by atoms with van der Waals surface area (Å²) in [5.74, 6) is 0.210. The maximum absolute atomic E-state index is 12.9. The van der Waals surface area contributed by atoms with Crippen molar-refractivity contribution in [2.45, 2.75) is 34.6 Å². The monoisotopic (exact) mass is 335 g/mol. The predicted octanol–water partition coefficient (Wildman–Crippen LogP) is 3.34. The molecule has 0 atom stereocenters. The number of benzene rings is 1. The first kappa shape index (κ1) is 20.1. The molecule has 0 fully saturated rings. The van der Waals surface area contributed by atoms with E-state index in [0.29, 0.717) is 30.1 Å². The Hall–Kier alpha value is -1.95. The average Bonchev–Trinajstić information content (AvgIpc) is 2.53. The second-order valence-corrected chi connectivity index (χ2v) is 6.38. The van der Waals surface area contributed by atoms with Gasteiger partial charge < -0.3 is 9.80 Å². The molecule has 0 bridgehead atoms. The van der Waals surface area contributed by atoms with Gasteiger partial charge in [-0.2, -0.15) is 0 Å². The zero-order valence-electron chi connectivity index (χ0n) is 15.4. The molecule has 0 spiro atoms. The number of likely N-dealkylation sites (N-methyl/N-ethyl adjacent to an activating group) is 1. The van der Waals surface area contributed by atoms with E-state index in [9.17, 15) is 14.9 Å². The Labute approximate surface area is 144 Å². The zero-order chi connectivity index (χ0) is 18.3. The van der Waals surface area contributed by atoms with Gasteiger partial charge in [-0.25, -0.2) is 0 Å². The van der Waals surface area contributed by atoms with Crippen LogP contribution in [-0.2, 0) is 0 Å². The van der Waals surface area contributed by atoms with Gasteiger partial charge in [0, 0.05) is 36.8 Å². The van der Waals surface area contributed by atoms with E-state index < -0.39 is 4.92 Å². The van der Waals surface area contributed by atoms with E-state index in [4.69, 9.17) is 0 Å². The lowest BCUT2D eigenvalue weighted by Gasteiger charge is -2.28. The van der Waals surface area contributed by atoms with Gasteiger partial charge in [0.2, 0.25) is 0 Å². The summed E-state index contributed by atoms with van der Waals surface area (Å²) in [5, 5.41) is 11.1. The molecule has 0 unspecified atom stereocenters. The summed E-state index contributed by atoms with van der Waals surface area (Å²) >= 11 is 0. The van der Waals surface area contributed by atoms with Crippen LogP contribution in [0.4, 0.5) is 5.69 Å². The highest BCUT2D eigenvalue weighted by molar-refractivity contribution is 5.96. The third-order valence-corrected chi connectivity index (χ3v) is 4.19. The molecule has 0 saturated heterocycles. The molecule has 1 aromatic carbocycles. The first-order valence-corrected chi connectivity index (χ1v) is 8.57. The van der Waals surface area contributed by atoms with Gasteiger partial charge in [-0.1, -0.05) is 33.8 Å². The van der Waals surface area contributed by atoms with E-state index >= 15 is 0 Å². The van der Waals surface area contributed by atoms with Crippen LogP contribution in [0.15, 0.2) is 18.2 Å². The van der Waals surface area contributed by atoms with Crippen molar-refractivity contribution in [3.8, 4) is 0 Å². The Morgan fingerprint density at radius 3 is 2.33 bits per heavy atom. The molecule has 0 aliphatic carbocycles. The summed E-state index contributed by atoms with van der Waals surface area (Å²) < 4.78 is 0. The van der Waals surface area contributed by atoms with Gasteiger partial charge in [0.1, 0.15) is 0 Å². The van der Waals surface area contributed by atoms with Gasteiger partial charge in [0.05, 0.1) is 4.92 Å². The van der Waals surface area contributed by atoms with E-state index in [-0.39, 0.29) is 11.6 Å². The first-order chi connectivity index (χ1) is 11.3. The number of nitro groups is 1. The number of nitrogens with zero attached hydrogens (tertiary/aromatic N) is 3. The highest BCUT2D eigenvalue weighted by atomic mass is 16.6. The molecular weight excluding hydrogens is 306 g/mol. The van der Waals surface area contributed by atoms with Crippen molar-refractivity contribution in [1.29, 1.82) is 0 Å². The van der Waals surface area contributed by atoms with Crippen molar-refractivity contribution in [3.63, 3.8) is 0 Å². The molecule has 0 aliphatic heterocycles. The molecule has 0 aromatic heterocycles. The van der Waals surface area contributed by atoms with Crippen molar-refractivity contribution >= 4 is 11.6 Å². The average molecular weight is 335 g/mol. The van der Waals surface area contributed by atoms with Gasteiger partial charge in [0.25, 0.3) is 11.6 Å². The van der Waals surface area contributed by atoms with Crippen LogP contribution >= 0.6 is 0 Å². The molecule has 0 heterocycles. The smallest absolute Gasteiger partial charge is 0.273 e. The van der Waals surface area contributed by atoms with Gasteiger partial charge in [-0.05, 0) is 32.0 Å². The van der Waals surface area contributed by atoms with E-state index in [1.165, 1.54) is 6.07 Å². The van der Waals surface area contributed by atoms with Crippen LogP contribution in [0.2, 0.25) is 0 Å². The zero-order valence-corrected chi connectivity index (χ0v) is 15.4. The minimum Gasteiger partial charge on any atom is -0.337 e. The standard InChI is InChI=1S/C18H29N3O3/c1-6-19(7-2)11-12-20(13-14(3)4)18(22)16-9-8-10-17(15(16)5)21(23)24/h8-10,14H,6-7,11-13H2,1-5H3. The van der Waals surface area contributed by atoms with Crippen molar-refractivity contribution in [3.05, 3.63) is 39.4 Å². The summed E-state index contributed by atoms with van der Waals surface area (Å²) in [6.07, 6.45) is 0. The third-order valence-electron chi connectivity index (χ3n) is 4.19. The summed E-state index contributed by atoms with van der Waals surface area (Å²) in [5.41, 5.74) is 0.850. The SMILES string of the molecule is CCN(CC)CCN(CC(C)C)C(=O)c1cccc([N+](=O)[O-])c1C. The number of carbonyl (C=O) groups excluding carboxylic acids is 1. The van der Waals surface area contributed by atoms with Gasteiger partial charge in [-0.3, -0.25) is 14.9 Å². The summed E-state index contributed by atoms with van der Waals surface area (Å²) in [6.45, 7) is 13.9. The van der Waals surface area contributed by atoms with Crippen LogP contribution in [0.5, 0.6) is 0 Å². The molecule has 0 saturated carbocycles. The molecule has 1 aromatic rings. The lowest BCUT2D eigenvalue weighted by atomic mass is 10.0. The molecule has 0 aliphatic rings. The van der Waals surface area contributed by atoms with E-state index in [1.807, 2.05) is 4.90 Å². The van der Waals surface area contributed by atoms with Crippen molar-refractivity contribution < 1.29 is 9.72 Å². The largest absolute Gasteiger partial charge is 0.337 e. The molecule has 0 radical (unpaired) electrons. The predicted molar refractivity (Wildman–Crippen MR) is 96.4 cm³/mol. The maximum atomic E-state index is 12.9. The molecule has 6 heteroatoms. The fraction of sp³-hybridized carbons (Fsp3) is 0.611. The maximum Gasteiger partial charge on any atom is 0.273 e. The Bertz CT molecular complexity index is 569. The summed E-state index contributed by atoms with van der Waals surface area (Å²) in [7, 11) is 0. The minimum absolute atomic E-state index is 0.00547. The Kier molecular flexibility index (Phi) is 7.85.